The van der Waals surface area contributed by atoms with Crippen LogP contribution in [0.25, 0.3) is 11.8 Å². The molecule has 2 aromatic rings. The van der Waals surface area contributed by atoms with E-state index in [-0.39, 0.29) is 5.56 Å². The number of aromatic amines is 1. The predicted octanol–water partition coefficient (Wildman–Crippen LogP) is 2.17. The number of allylic oxidation sites excluding steroid dienone is 2. The van der Waals surface area contributed by atoms with E-state index in [1.54, 1.807) is 43.5 Å². The molecule has 0 amide bonds. The fourth-order valence-electron chi connectivity index (χ4n) is 2.26. The molecule has 1 aliphatic heterocycles. The molecule has 0 radical (unpaired) electrons. The molecule has 23 heavy (non-hydrogen) atoms. The van der Waals surface area contributed by atoms with Crippen molar-refractivity contribution >= 4 is 23.9 Å². The SMILES string of the molecule is Cc1ccc(Cl)cc1-n1c(O)c(C=C2C=CC=N2)c(=O)[nH]c1=O. The van der Waals surface area contributed by atoms with Crippen molar-refractivity contribution < 1.29 is 5.11 Å². The van der Waals surface area contributed by atoms with Crippen LogP contribution in [0, 0.1) is 6.92 Å². The monoisotopic (exact) mass is 329 g/mol. The maximum absolute atomic E-state index is 12.2. The van der Waals surface area contributed by atoms with Crippen molar-refractivity contribution in [2.45, 2.75) is 6.92 Å². The van der Waals surface area contributed by atoms with Crippen LogP contribution in [0.4, 0.5) is 0 Å². The Hall–Kier alpha value is -2.86. The Bertz CT molecular complexity index is 983. The predicted molar refractivity (Wildman–Crippen MR) is 89.7 cm³/mol. The van der Waals surface area contributed by atoms with E-state index in [4.69, 9.17) is 11.6 Å². The Balaban J connectivity index is 2.30. The number of nitrogens with one attached hydrogen (secondary N) is 1. The maximum Gasteiger partial charge on any atom is 0.335 e. The highest BCUT2D eigenvalue weighted by atomic mass is 35.5. The van der Waals surface area contributed by atoms with Gasteiger partial charge >= 0.3 is 5.69 Å². The summed E-state index contributed by atoms with van der Waals surface area (Å²) in [5.74, 6) is -0.466. The number of rotatable bonds is 2. The Morgan fingerprint density at radius 1 is 1.35 bits per heavy atom. The summed E-state index contributed by atoms with van der Waals surface area (Å²) < 4.78 is 1.01. The molecule has 0 spiro atoms. The molecule has 6 nitrogen and oxygen atoms in total. The number of hydrogen-bond acceptors (Lipinski definition) is 4. The normalized spacial score (nSPS) is 14.8. The lowest BCUT2D eigenvalue weighted by molar-refractivity contribution is 0.429. The van der Waals surface area contributed by atoms with E-state index in [2.05, 4.69) is 9.98 Å². The van der Waals surface area contributed by atoms with Gasteiger partial charge in [-0.3, -0.25) is 14.8 Å². The summed E-state index contributed by atoms with van der Waals surface area (Å²) in [6.07, 6.45) is 6.35. The number of benzene rings is 1. The van der Waals surface area contributed by atoms with Gasteiger partial charge in [0.1, 0.15) is 5.56 Å². The molecule has 1 aliphatic rings. The van der Waals surface area contributed by atoms with E-state index in [0.29, 0.717) is 16.4 Å². The van der Waals surface area contributed by atoms with Crippen LogP contribution in [0.2, 0.25) is 5.02 Å². The molecule has 7 heteroatoms. The van der Waals surface area contributed by atoms with Gasteiger partial charge in [0.05, 0.1) is 11.4 Å². The van der Waals surface area contributed by atoms with Crippen LogP contribution in [-0.2, 0) is 0 Å². The van der Waals surface area contributed by atoms with E-state index in [9.17, 15) is 14.7 Å². The van der Waals surface area contributed by atoms with E-state index in [0.717, 1.165) is 10.1 Å². The smallest absolute Gasteiger partial charge is 0.335 e. The zero-order valence-electron chi connectivity index (χ0n) is 12.1. The number of aromatic nitrogens is 2. The summed E-state index contributed by atoms with van der Waals surface area (Å²) in [5, 5.41) is 10.9. The van der Waals surface area contributed by atoms with Gasteiger partial charge in [-0.2, -0.15) is 0 Å². The van der Waals surface area contributed by atoms with Crippen molar-refractivity contribution in [3.63, 3.8) is 0 Å². The van der Waals surface area contributed by atoms with Gasteiger partial charge in [-0.05, 0) is 42.8 Å². The maximum atomic E-state index is 12.2. The van der Waals surface area contributed by atoms with Gasteiger partial charge in [-0.25, -0.2) is 9.36 Å². The second kappa shape index (κ2) is 5.73. The molecule has 0 unspecified atom stereocenters. The average molecular weight is 330 g/mol. The largest absolute Gasteiger partial charge is 0.494 e. The van der Waals surface area contributed by atoms with Gasteiger partial charge < -0.3 is 5.11 Å². The lowest BCUT2D eigenvalue weighted by Gasteiger charge is -2.12. The van der Waals surface area contributed by atoms with Crippen LogP contribution in [0.5, 0.6) is 5.88 Å². The third-order valence-corrected chi connectivity index (χ3v) is 3.64. The molecular weight excluding hydrogens is 318 g/mol. The fraction of sp³-hybridized carbons (Fsp3) is 0.0625. The Kier molecular flexibility index (Phi) is 3.75. The van der Waals surface area contributed by atoms with Crippen molar-refractivity contribution in [3.8, 4) is 11.6 Å². The Morgan fingerprint density at radius 2 is 2.13 bits per heavy atom. The summed E-state index contributed by atoms with van der Waals surface area (Å²) in [6, 6.07) is 4.94. The van der Waals surface area contributed by atoms with Crippen molar-refractivity contribution in [1.82, 2.24) is 9.55 Å². The number of aryl methyl sites for hydroxylation is 1. The van der Waals surface area contributed by atoms with E-state index in [1.165, 1.54) is 6.08 Å². The summed E-state index contributed by atoms with van der Waals surface area (Å²) in [4.78, 5) is 30.4. The molecule has 0 fully saturated rings. The zero-order valence-corrected chi connectivity index (χ0v) is 12.8. The second-order valence-electron chi connectivity index (χ2n) is 4.97. The Labute approximate surface area is 135 Å². The first-order chi connectivity index (χ1) is 11.0. The third-order valence-electron chi connectivity index (χ3n) is 3.40. The lowest BCUT2D eigenvalue weighted by atomic mass is 10.2. The third kappa shape index (κ3) is 2.76. The molecule has 2 N–H and O–H groups in total. The van der Waals surface area contributed by atoms with Gasteiger partial charge in [-0.1, -0.05) is 17.7 Å². The molecule has 0 saturated carbocycles. The van der Waals surface area contributed by atoms with Crippen molar-refractivity contribution in [2.75, 3.05) is 0 Å². The van der Waals surface area contributed by atoms with Crippen molar-refractivity contribution in [2.24, 2.45) is 4.99 Å². The van der Waals surface area contributed by atoms with Crippen LogP contribution < -0.4 is 11.2 Å². The number of H-pyrrole nitrogens is 1. The van der Waals surface area contributed by atoms with Crippen LogP contribution >= 0.6 is 11.6 Å². The first kappa shape index (κ1) is 15.1. The number of aliphatic imine (C=N–C) groups is 1. The lowest BCUT2D eigenvalue weighted by Crippen LogP contribution is -2.30. The first-order valence-electron chi connectivity index (χ1n) is 6.74. The van der Waals surface area contributed by atoms with E-state index in [1.807, 2.05) is 0 Å². The molecule has 1 aromatic carbocycles. The molecule has 1 aromatic heterocycles. The molecule has 0 aliphatic carbocycles. The van der Waals surface area contributed by atoms with E-state index < -0.39 is 17.1 Å². The summed E-state index contributed by atoms with van der Waals surface area (Å²) in [7, 11) is 0. The number of nitrogens with zero attached hydrogens (tertiary/aromatic N) is 2. The van der Waals surface area contributed by atoms with Gasteiger partial charge in [0.2, 0.25) is 5.88 Å². The molecule has 0 bridgehead atoms. The van der Waals surface area contributed by atoms with Crippen LogP contribution in [0.15, 0.2) is 50.6 Å². The number of aromatic hydroxyl groups is 1. The first-order valence-corrected chi connectivity index (χ1v) is 7.12. The van der Waals surface area contributed by atoms with Crippen LogP contribution in [0.1, 0.15) is 11.1 Å². The Morgan fingerprint density at radius 3 is 2.83 bits per heavy atom. The van der Waals surface area contributed by atoms with Gasteiger partial charge in [-0.15, -0.1) is 0 Å². The van der Waals surface area contributed by atoms with Gasteiger partial charge in [0.15, 0.2) is 0 Å². The molecule has 3 rings (SSSR count). The summed E-state index contributed by atoms with van der Waals surface area (Å²) in [6.45, 7) is 1.77. The van der Waals surface area contributed by atoms with Crippen molar-refractivity contribution in [3.05, 3.63) is 73.0 Å². The van der Waals surface area contributed by atoms with Crippen molar-refractivity contribution in [1.29, 1.82) is 0 Å². The molecule has 2 heterocycles. The minimum atomic E-state index is -0.745. The quantitative estimate of drug-likeness (QED) is 0.885. The van der Waals surface area contributed by atoms with Crippen LogP contribution in [-0.4, -0.2) is 20.9 Å². The highest BCUT2D eigenvalue weighted by Gasteiger charge is 2.16. The second-order valence-corrected chi connectivity index (χ2v) is 5.41. The van der Waals surface area contributed by atoms with Crippen LogP contribution in [0.3, 0.4) is 0 Å². The highest BCUT2D eigenvalue weighted by Crippen LogP contribution is 2.24. The molecule has 0 atom stereocenters. The number of halogens is 1. The van der Waals surface area contributed by atoms with Gasteiger partial charge in [0, 0.05) is 11.2 Å². The summed E-state index contributed by atoms with van der Waals surface area (Å²) >= 11 is 5.97. The van der Waals surface area contributed by atoms with E-state index >= 15 is 0 Å². The topological polar surface area (TPSA) is 87.4 Å². The fourth-order valence-corrected chi connectivity index (χ4v) is 2.43. The summed E-state index contributed by atoms with van der Waals surface area (Å²) in [5.41, 5.74) is 0.121. The average Bonchev–Trinajstić information content (AvgIpc) is 3.00. The number of hydrogen-bond donors (Lipinski definition) is 2. The van der Waals surface area contributed by atoms with Gasteiger partial charge in [0.25, 0.3) is 5.56 Å². The highest BCUT2D eigenvalue weighted by molar-refractivity contribution is 6.30. The minimum absolute atomic E-state index is 0.0531. The molecule has 0 saturated heterocycles. The molecule has 116 valence electrons. The zero-order chi connectivity index (χ0) is 16.6. The standard InChI is InChI=1S/C16H12ClN3O3/c1-9-4-5-10(17)7-13(9)20-15(22)12(14(21)19-16(20)23)8-11-3-2-6-18-11/h2-8,22H,1H3,(H,19,21,23). The minimum Gasteiger partial charge on any atom is -0.494 e. The molecular formula is C16H12ClN3O3.